The van der Waals surface area contributed by atoms with Crippen LogP contribution >= 0.6 is 15.9 Å². The van der Waals surface area contributed by atoms with Gasteiger partial charge in [0.05, 0.1) is 0 Å². The van der Waals surface area contributed by atoms with Crippen molar-refractivity contribution in [3.05, 3.63) is 58.6 Å². The van der Waals surface area contributed by atoms with Crippen LogP contribution in [0.1, 0.15) is 17.5 Å². The number of nitrogens with two attached hydrogens (primary N) is 1. The monoisotopic (exact) mass is 320 g/mol. The van der Waals surface area contributed by atoms with Crippen LogP contribution in [-0.2, 0) is 12.8 Å². The van der Waals surface area contributed by atoms with Crippen molar-refractivity contribution in [3.8, 4) is 0 Å². The minimum absolute atomic E-state index is 0.233. The van der Waals surface area contributed by atoms with Crippen LogP contribution in [0.4, 0.5) is 0 Å². The van der Waals surface area contributed by atoms with Gasteiger partial charge in [0, 0.05) is 35.3 Å². The number of pyridine rings is 2. The molecule has 1 unspecified atom stereocenters. The molecule has 1 atom stereocenters. The van der Waals surface area contributed by atoms with Gasteiger partial charge in [-0.15, -0.1) is 0 Å². The number of rotatable bonds is 6. The van der Waals surface area contributed by atoms with E-state index < -0.39 is 0 Å². The van der Waals surface area contributed by atoms with Gasteiger partial charge in [0.25, 0.3) is 0 Å². The highest BCUT2D eigenvalue weighted by Gasteiger charge is 2.08. The zero-order valence-corrected chi connectivity index (χ0v) is 12.2. The Morgan fingerprint density at radius 1 is 1.21 bits per heavy atom. The lowest BCUT2D eigenvalue weighted by Crippen LogP contribution is -2.37. The fourth-order valence-corrected chi connectivity index (χ4v) is 2.40. The average Bonchev–Trinajstić information content (AvgIpc) is 2.44. The number of nitrogens with zero attached hydrogens (tertiary/aromatic N) is 2. The van der Waals surface area contributed by atoms with Crippen LogP contribution < -0.4 is 11.3 Å². The van der Waals surface area contributed by atoms with Crippen molar-refractivity contribution >= 4 is 15.9 Å². The molecule has 3 N–H and O–H groups in total. The molecule has 0 aliphatic rings. The second-order valence-electron chi connectivity index (χ2n) is 4.48. The highest BCUT2D eigenvalue weighted by atomic mass is 79.9. The number of hydrogen-bond donors (Lipinski definition) is 2. The SMILES string of the molecule is NNC(CCc1cccnc1)Cc1cncc(Br)c1. The van der Waals surface area contributed by atoms with Crippen molar-refractivity contribution < 1.29 is 0 Å². The molecule has 19 heavy (non-hydrogen) atoms. The Morgan fingerprint density at radius 3 is 2.74 bits per heavy atom. The van der Waals surface area contributed by atoms with E-state index in [1.807, 2.05) is 18.5 Å². The molecular formula is C14H17BrN4. The minimum atomic E-state index is 0.233. The molecule has 0 fully saturated rings. The molecule has 2 aromatic heterocycles. The van der Waals surface area contributed by atoms with Gasteiger partial charge in [-0.2, -0.15) is 0 Å². The third kappa shape index (κ3) is 4.70. The van der Waals surface area contributed by atoms with E-state index in [4.69, 9.17) is 5.84 Å². The Kier molecular flexibility index (Phi) is 5.44. The zero-order chi connectivity index (χ0) is 13.5. The number of aromatic nitrogens is 2. The van der Waals surface area contributed by atoms with Crippen LogP contribution in [0.2, 0.25) is 0 Å². The van der Waals surface area contributed by atoms with Gasteiger partial charge in [0.2, 0.25) is 0 Å². The normalized spacial score (nSPS) is 12.3. The lowest BCUT2D eigenvalue weighted by molar-refractivity contribution is 0.490. The Hall–Kier alpha value is -1.30. The van der Waals surface area contributed by atoms with Crippen molar-refractivity contribution in [2.45, 2.75) is 25.3 Å². The van der Waals surface area contributed by atoms with Gasteiger partial charge in [-0.3, -0.25) is 21.2 Å². The van der Waals surface area contributed by atoms with Gasteiger partial charge >= 0.3 is 0 Å². The van der Waals surface area contributed by atoms with Gasteiger partial charge < -0.3 is 0 Å². The van der Waals surface area contributed by atoms with Gasteiger partial charge in [0.1, 0.15) is 0 Å². The summed E-state index contributed by atoms with van der Waals surface area (Å²) in [7, 11) is 0. The molecule has 0 saturated carbocycles. The van der Waals surface area contributed by atoms with Gasteiger partial charge in [-0.05, 0) is 58.5 Å². The van der Waals surface area contributed by atoms with E-state index in [0.717, 1.165) is 23.7 Å². The Bertz CT molecular complexity index is 504. The summed E-state index contributed by atoms with van der Waals surface area (Å²) >= 11 is 3.43. The van der Waals surface area contributed by atoms with Crippen molar-refractivity contribution in [2.75, 3.05) is 0 Å². The topological polar surface area (TPSA) is 63.8 Å². The quantitative estimate of drug-likeness (QED) is 0.633. The Morgan fingerprint density at radius 2 is 2.05 bits per heavy atom. The first kappa shape index (κ1) is 14.1. The minimum Gasteiger partial charge on any atom is -0.271 e. The largest absolute Gasteiger partial charge is 0.271 e. The molecule has 0 radical (unpaired) electrons. The Balaban J connectivity index is 1.90. The summed E-state index contributed by atoms with van der Waals surface area (Å²) in [5, 5.41) is 0. The predicted molar refractivity (Wildman–Crippen MR) is 79.3 cm³/mol. The number of halogens is 1. The summed E-state index contributed by atoms with van der Waals surface area (Å²) in [6.45, 7) is 0. The molecular weight excluding hydrogens is 304 g/mol. The molecule has 2 aromatic rings. The van der Waals surface area contributed by atoms with E-state index in [1.165, 1.54) is 11.1 Å². The number of nitrogens with one attached hydrogen (secondary N) is 1. The molecule has 0 spiro atoms. The number of hydrogen-bond acceptors (Lipinski definition) is 4. The fourth-order valence-electron chi connectivity index (χ4n) is 1.98. The maximum atomic E-state index is 5.63. The summed E-state index contributed by atoms with van der Waals surface area (Å²) in [6.07, 6.45) is 10.1. The van der Waals surface area contributed by atoms with Gasteiger partial charge in [0.15, 0.2) is 0 Å². The second kappa shape index (κ2) is 7.33. The molecule has 0 aromatic carbocycles. The molecule has 0 amide bonds. The van der Waals surface area contributed by atoms with Crippen LogP contribution in [0, 0.1) is 0 Å². The zero-order valence-electron chi connectivity index (χ0n) is 10.6. The maximum absolute atomic E-state index is 5.63. The molecule has 0 aliphatic heterocycles. The predicted octanol–water partition coefficient (Wildman–Crippen LogP) is 2.25. The van der Waals surface area contributed by atoms with Gasteiger partial charge in [-0.1, -0.05) is 6.07 Å². The number of hydrazine groups is 1. The molecule has 0 saturated heterocycles. The maximum Gasteiger partial charge on any atom is 0.0410 e. The standard InChI is InChI=1S/C14H17BrN4/c15-13-6-12(9-18-10-13)7-14(19-16)4-3-11-2-1-5-17-8-11/h1-2,5-6,8-10,14,19H,3-4,7,16H2. The highest BCUT2D eigenvalue weighted by molar-refractivity contribution is 9.10. The van der Waals surface area contributed by atoms with Crippen LogP contribution in [0.25, 0.3) is 0 Å². The van der Waals surface area contributed by atoms with Crippen molar-refractivity contribution in [2.24, 2.45) is 5.84 Å². The van der Waals surface area contributed by atoms with Crippen LogP contribution in [0.5, 0.6) is 0 Å². The van der Waals surface area contributed by atoms with E-state index in [-0.39, 0.29) is 6.04 Å². The van der Waals surface area contributed by atoms with E-state index in [0.29, 0.717) is 0 Å². The summed E-state index contributed by atoms with van der Waals surface area (Å²) in [6, 6.07) is 6.34. The third-order valence-electron chi connectivity index (χ3n) is 2.98. The lowest BCUT2D eigenvalue weighted by Gasteiger charge is -2.15. The first-order valence-corrected chi connectivity index (χ1v) is 7.01. The summed E-state index contributed by atoms with van der Waals surface area (Å²) < 4.78 is 0.994. The van der Waals surface area contributed by atoms with E-state index in [1.54, 1.807) is 12.4 Å². The van der Waals surface area contributed by atoms with Crippen LogP contribution in [0.3, 0.4) is 0 Å². The van der Waals surface area contributed by atoms with E-state index in [2.05, 4.69) is 43.5 Å². The smallest absolute Gasteiger partial charge is 0.0410 e. The average molecular weight is 321 g/mol. The molecule has 5 heteroatoms. The van der Waals surface area contributed by atoms with E-state index >= 15 is 0 Å². The van der Waals surface area contributed by atoms with Crippen LogP contribution in [-0.4, -0.2) is 16.0 Å². The fraction of sp³-hybridized carbons (Fsp3) is 0.286. The lowest BCUT2D eigenvalue weighted by atomic mass is 10.0. The summed E-state index contributed by atoms with van der Waals surface area (Å²) in [5.74, 6) is 5.63. The molecule has 2 heterocycles. The molecule has 2 rings (SSSR count). The molecule has 0 aliphatic carbocycles. The number of aryl methyl sites for hydroxylation is 1. The summed E-state index contributed by atoms with van der Waals surface area (Å²) in [4.78, 5) is 8.28. The first-order valence-electron chi connectivity index (χ1n) is 6.22. The van der Waals surface area contributed by atoms with Crippen molar-refractivity contribution in [1.29, 1.82) is 0 Å². The van der Waals surface area contributed by atoms with E-state index in [9.17, 15) is 0 Å². The highest BCUT2D eigenvalue weighted by Crippen LogP contribution is 2.13. The molecule has 0 bridgehead atoms. The molecule has 4 nitrogen and oxygen atoms in total. The van der Waals surface area contributed by atoms with Crippen LogP contribution in [0.15, 0.2) is 47.5 Å². The van der Waals surface area contributed by atoms with Crippen molar-refractivity contribution in [3.63, 3.8) is 0 Å². The molecule has 100 valence electrons. The van der Waals surface area contributed by atoms with Gasteiger partial charge in [-0.25, -0.2) is 0 Å². The second-order valence-corrected chi connectivity index (χ2v) is 5.39. The van der Waals surface area contributed by atoms with Crippen molar-refractivity contribution in [1.82, 2.24) is 15.4 Å². The first-order chi connectivity index (χ1) is 9.28. The Labute approximate surface area is 121 Å². The third-order valence-corrected chi connectivity index (χ3v) is 3.42. The summed E-state index contributed by atoms with van der Waals surface area (Å²) in [5.41, 5.74) is 5.28.